The molecule has 4 N–H and O–H groups in total. The lowest BCUT2D eigenvalue weighted by atomic mass is 10.1. The minimum atomic E-state index is -0.680. The zero-order valence-electron chi connectivity index (χ0n) is 17.2. The van der Waals surface area contributed by atoms with Crippen molar-refractivity contribution in [2.75, 3.05) is 18.1 Å². The Labute approximate surface area is 186 Å². The molecule has 1 heterocycles. The Morgan fingerprint density at radius 3 is 2.29 bits per heavy atom. The van der Waals surface area contributed by atoms with Gasteiger partial charge >= 0.3 is 0 Å². The van der Waals surface area contributed by atoms with Gasteiger partial charge in [-0.05, 0) is 32.0 Å². The summed E-state index contributed by atoms with van der Waals surface area (Å²) in [7, 11) is 0. The molecule has 1 aliphatic rings. The van der Waals surface area contributed by atoms with E-state index in [0.29, 0.717) is 31.1 Å². The van der Waals surface area contributed by atoms with Crippen molar-refractivity contribution in [2.24, 2.45) is 21.5 Å². The molecular weight excluding hydrogens is 424 g/mol. The van der Waals surface area contributed by atoms with Gasteiger partial charge in [0, 0.05) is 24.2 Å². The summed E-state index contributed by atoms with van der Waals surface area (Å²) in [5.41, 5.74) is 11.9. The second-order valence-corrected chi connectivity index (χ2v) is 7.07. The molecule has 0 bridgehead atoms. The van der Waals surface area contributed by atoms with Crippen LogP contribution >= 0.6 is 12.4 Å². The minimum absolute atomic E-state index is 0. The summed E-state index contributed by atoms with van der Waals surface area (Å²) in [6.45, 7) is 4.56. The first-order valence-corrected chi connectivity index (χ1v) is 9.36. The number of benzene rings is 2. The number of nitro benzene ring substituents is 1. The van der Waals surface area contributed by atoms with Gasteiger partial charge in [0.25, 0.3) is 5.69 Å². The molecule has 0 amide bonds. The number of non-ortho nitro benzene ring substituents is 1. The first-order chi connectivity index (χ1) is 14.3. The molecule has 1 aliphatic heterocycles. The van der Waals surface area contributed by atoms with E-state index in [-0.39, 0.29) is 30.0 Å². The predicted molar refractivity (Wildman–Crippen MR) is 122 cm³/mol. The molecule has 31 heavy (non-hydrogen) atoms. The van der Waals surface area contributed by atoms with Crippen LogP contribution in [-0.4, -0.2) is 35.7 Å². The molecule has 0 aromatic heterocycles. The van der Waals surface area contributed by atoms with E-state index in [1.807, 2.05) is 38.1 Å². The molecule has 0 radical (unpaired) electrons. The van der Waals surface area contributed by atoms with Gasteiger partial charge < -0.3 is 20.9 Å². The number of nitrogens with two attached hydrogens (primary N) is 2. The summed E-state index contributed by atoms with van der Waals surface area (Å²) >= 11 is 0. The highest BCUT2D eigenvalue weighted by Crippen LogP contribution is 2.30. The van der Waals surface area contributed by atoms with E-state index in [4.69, 9.17) is 20.9 Å². The van der Waals surface area contributed by atoms with Gasteiger partial charge in [-0.25, -0.2) is 4.99 Å². The third-order valence-electron chi connectivity index (χ3n) is 4.32. The van der Waals surface area contributed by atoms with E-state index in [1.165, 1.54) is 12.1 Å². The number of hydrogen-bond donors (Lipinski definition) is 2. The highest BCUT2D eigenvalue weighted by Gasteiger charge is 2.33. The highest BCUT2D eigenvalue weighted by atomic mass is 35.5. The van der Waals surface area contributed by atoms with Gasteiger partial charge in [0.1, 0.15) is 17.2 Å². The number of halogens is 1. The Morgan fingerprint density at radius 2 is 1.68 bits per heavy atom. The normalized spacial score (nSPS) is 14.7. The summed E-state index contributed by atoms with van der Waals surface area (Å²) < 4.78 is 11.4. The number of guanidine groups is 2. The van der Waals surface area contributed by atoms with E-state index >= 15 is 0 Å². The van der Waals surface area contributed by atoms with Crippen LogP contribution in [0.5, 0.6) is 11.5 Å². The Hall–Kier alpha value is -3.53. The fourth-order valence-electron chi connectivity index (χ4n) is 3.09. The molecule has 0 fully saturated rings. The third-order valence-corrected chi connectivity index (χ3v) is 4.32. The molecular formula is C20H25ClN6O4. The number of aliphatic imine (C=N–C) groups is 2. The number of hydrogen-bond acceptors (Lipinski definition) is 9. The van der Waals surface area contributed by atoms with Gasteiger partial charge in [-0.15, -0.1) is 12.4 Å². The largest absolute Gasteiger partial charge is 0.493 e. The first kappa shape index (κ1) is 23.7. The maximum Gasteiger partial charge on any atom is 0.273 e. The van der Waals surface area contributed by atoms with E-state index < -0.39 is 10.6 Å². The quantitative estimate of drug-likeness (QED) is 0.359. The Bertz CT molecular complexity index is 995. The van der Waals surface area contributed by atoms with Crippen molar-refractivity contribution in [1.29, 1.82) is 0 Å². The Kier molecular flexibility index (Phi) is 7.65. The summed E-state index contributed by atoms with van der Waals surface area (Å²) in [5.74, 6) is 1.52. The van der Waals surface area contributed by atoms with Crippen LogP contribution in [0.4, 0.5) is 11.4 Å². The van der Waals surface area contributed by atoms with Crippen LogP contribution in [-0.2, 0) is 0 Å². The summed E-state index contributed by atoms with van der Waals surface area (Å²) in [6.07, 6.45) is 0.604. The fourth-order valence-corrected chi connectivity index (χ4v) is 3.09. The molecule has 0 unspecified atom stereocenters. The second-order valence-electron chi connectivity index (χ2n) is 7.07. The molecule has 166 valence electrons. The van der Waals surface area contributed by atoms with Crippen LogP contribution in [0.3, 0.4) is 0 Å². The van der Waals surface area contributed by atoms with Gasteiger partial charge in [0.05, 0.1) is 24.2 Å². The Balaban J connectivity index is 0.00000341. The summed E-state index contributed by atoms with van der Waals surface area (Å²) in [4.78, 5) is 20.5. The molecule has 2 aromatic rings. The molecule has 0 aliphatic carbocycles. The molecule has 0 spiro atoms. The molecule has 0 saturated carbocycles. The van der Waals surface area contributed by atoms with E-state index in [2.05, 4.69) is 9.98 Å². The smallest absolute Gasteiger partial charge is 0.273 e. The number of ether oxygens (including phenoxy) is 2. The molecule has 0 saturated heterocycles. The third kappa shape index (κ3) is 5.98. The Morgan fingerprint density at radius 1 is 1.06 bits per heavy atom. The maximum atomic E-state index is 10.8. The zero-order valence-corrected chi connectivity index (χ0v) is 18.0. The number of nitrogens with zero attached hydrogens (tertiary/aromatic N) is 4. The van der Waals surface area contributed by atoms with E-state index in [9.17, 15) is 10.1 Å². The number of anilines is 1. The monoisotopic (exact) mass is 448 g/mol. The van der Waals surface area contributed by atoms with Crippen LogP contribution in [0, 0.1) is 10.1 Å². The maximum absolute atomic E-state index is 10.8. The highest BCUT2D eigenvalue weighted by molar-refractivity contribution is 6.05. The molecule has 11 heteroatoms. The predicted octanol–water partition coefficient (Wildman–Crippen LogP) is 3.05. The van der Waals surface area contributed by atoms with Crippen molar-refractivity contribution in [3.63, 3.8) is 0 Å². The van der Waals surface area contributed by atoms with E-state index in [1.54, 1.807) is 17.0 Å². The van der Waals surface area contributed by atoms with Gasteiger partial charge in [0.2, 0.25) is 11.9 Å². The van der Waals surface area contributed by atoms with Gasteiger partial charge in [-0.1, -0.05) is 12.1 Å². The lowest BCUT2D eigenvalue weighted by molar-refractivity contribution is -0.384. The summed E-state index contributed by atoms with van der Waals surface area (Å²) in [5, 5.41) is 10.8. The second kappa shape index (κ2) is 9.98. The first-order valence-electron chi connectivity index (χ1n) is 9.36. The minimum Gasteiger partial charge on any atom is -0.493 e. The molecule has 0 atom stereocenters. The van der Waals surface area contributed by atoms with Crippen LogP contribution < -0.4 is 25.8 Å². The van der Waals surface area contributed by atoms with Gasteiger partial charge in [0.15, 0.2) is 0 Å². The number of nitro groups is 1. The van der Waals surface area contributed by atoms with Crippen LogP contribution in [0.15, 0.2) is 58.5 Å². The average Bonchev–Trinajstić information content (AvgIpc) is 2.67. The van der Waals surface area contributed by atoms with Crippen LogP contribution in [0.2, 0.25) is 0 Å². The number of rotatable bonds is 8. The average molecular weight is 449 g/mol. The van der Waals surface area contributed by atoms with Crippen LogP contribution in [0.25, 0.3) is 0 Å². The summed E-state index contributed by atoms with van der Waals surface area (Å²) in [6, 6.07) is 13.5. The van der Waals surface area contributed by atoms with Gasteiger partial charge in [-0.3, -0.25) is 15.0 Å². The van der Waals surface area contributed by atoms with Crippen molar-refractivity contribution in [1.82, 2.24) is 0 Å². The lowest BCUT2D eigenvalue weighted by Gasteiger charge is -2.38. The van der Waals surface area contributed by atoms with E-state index in [0.717, 1.165) is 5.69 Å². The fraction of sp³-hybridized carbons (Fsp3) is 0.300. The lowest BCUT2D eigenvalue weighted by Crippen LogP contribution is -2.54. The van der Waals surface area contributed by atoms with Crippen molar-refractivity contribution in [3.05, 3.63) is 58.6 Å². The SMILES string of the molecule is CC1(C)N=C(N)N=C(N)N1c1cccc(OCCCOc2cccc([N+](=O)[O-])c2)c1.Cl. The van der Waals surface area contributed by atoms with Crippen molar-refractivity contribution < 1.29 is 14.4 Å². The van der Waals surface area contributed by atoms with Crippen LogP contribution in [0.1, 0.15) is 20.3 Å². The molecule has 2 aromatic carbocycles. The van der Waals surface area contributed by atoms with Crippen molar-refractivity contribution in [2.45, 2.75) is 25.9 Å². The molecule has 3 rings (SSSR count). The van der Waals surface area contributed by atoms with Crippen molar-refractivity contribution in [3.8, 4) is 11.5 Å². The zero-order chi connectivity index (χ0) is 21.7. The van der Waals surface area contributed by atoms with Crippen molar-refractivity contribution >= 4 is 35.7 Å². The molecule has 10 nitrogen and oxygen atoms in total. The standard InChI is InChI=1S/C20H24N6O4.ClH/c1-20(2)24-18(21)23-19(22)25(20)14-6-3-8-16(12-14)29-10-5-11-30-17-9-4-7-15(13-17)26(27)28;/h3-4,6-9,12-13H,5,10-11H2,1-2H3,(H4,21,22,23,24);1H. The van der Waals surface area contributed by atoms with Gasteiger partial charge in [-0.2, -0.15) is 4.99 Å². The topological polar surface area (TPSA) is 142 Å².